The molecule has 0 saturated carbocycles. The Labute approximate surface area is 265 Å². The second kappa shape index (κ2) is 9.31. The van der Waals surface area contributed by atoms with E-state index in [2.05, 4.69) is 9.97 Å². The van der Waals surface area contributed by atoms with Crippen LogP contribution in [0.3, 0.4) is 0 Å². The quantitative estimate of drug-likeness (QED) is 0.183. The first-order valence-corrected chi connectivity index (χ1v) is 13.0. The number of fused-ring (bicyclic) bond motifs is 20. The third kappa shape index (κ3) is 3.74. The summed E-state index contributed by atoms with van der Waals surface area (Å²) in [5.41, 5.74) is 6.45. The summed E-state index contributed by atoms with van der Waals surface area (Å²) < 4.78 is 0. The van der Waals surface area contributed by atoms with Gasteiger partial charge in [0.15, 0.2) is 23.3 Å². The summed E-state index contributed by atoms with van der Waals surface area (Å²) in [6.45, 7) is 0. The molecular weight excluding hydrogens is 647 g/mol. The van der Waals surface area contributed by atoms with E-state index < -0.39 is 0 Å². The van der Waals surface area contributed by atoms with Gasteiger partial charge < -0.3 is 9.97 Å². The second-order valence-corrected chi connectivity index (χ2v) is 9.79. The molecular formula is C32H18N8Sm. The monoisotopic (exact) mass is 666 g/mol. The second-order valence-electron chi connectivity index (χ2n) is 9.79. The predicted molar refractivity (Wildman–Crippen MR) is 156 cm³/mol. The maximum atomic E-state index is 5.02. The van der Waals surface area contributed by atoms with Crippen LogP contribution in [0, 0.1) is 40.4 Å². The smallest absolute Gasteiger partial charge is 0.164 e. The minimum Gasteiger partial charge on any atom is -0.324 e. The van der Waals surface area contributed by atoms with Gasteiger partial charge in [0.25, 0.3) is 0 Å². The Morgan fingerprint density at radius 3 is 0.829 bits per heavy atom. The normalized spacial score (nSPS) is 11.7. The maximum Gasteiger partial charge on any atom is 0.164 e. The van der Waals surface area contributed by atoms with Gasteiger partial charge >= 0.3 is 0 Å². The van der Waals surface area contributed by atoms with E-state index in [0.29, 0.717) is 45.9 Å². The molecule has 0 fully saturated rings. The molecule has 2 N–H and O–H groups in total. The molecule has 192 valence electrons. The fourth-order valence-electron chi connectivity index (χ4n) is 5.59. The van der Waals surface area contributed by atoms with E-state index in [1.54, 1.807) is 0 Å². The molecule has 4 aromatic carbocycles. The number of H-pyrrole nitrogens is 2. The topological polar surface area (TPSA) is 109 Å². The van der Waals surface area contributed by atoms with Crippen molar-refractivity contribution >= 4 is 44.1 Å². The molecule has 0 amide bonds. The SMILES string of the molecule is [Sm].c1ccc2c(c1)-c1nc-2nc2[nH]c(nc3nc(nc4[nH]c(n1)c1ccccc41)-c1ccccc1-3)c1ccccc21. The predicted octanol–water partition coefficient (Wildman–Crippen LogP) is 6.87. The van der Waals surface area contributed by atoms with Crippen molar-refractivity contribution in [3.63, 3.8) is 0 Å². The van der Waals surface area contributed by atoms with Crippen LogP contribution in [0.1, 0.15) is 0 Å². The van der Waals surface area contributed by atoms with Crippen LogP contribution in [0.25, 0.3) is 89.7 Å². The summed E-state index contributed by atoms with van der Waals surface area (Å²) in [6, 6.07) is 32.2. The third-order valence-corrected chi connectivity index (χ3v) is 7.46. The molecule has 8 bridgehead atoms. The van der Waals surface area contributed by atoms with Gasteiger partial charge in [-0.2, -0.15) is 0 Å². The summed E-state index contributed by atoms with van der Waals surface area (Å²) in [6.07, 6.45) is 0. The van der Waals surface area contributed by atoms with Crippen molar-refractivity contribution in [2.45, 2.75) is 0 Å². The molecule has 0 spiro atoms. The van der Waals surface area contributed by atoms with Crippen LogP contribution in [0.5, 0.6) is 0 Å². The fourth-order valence-corrected chi connectivity index (χ4v) is 5.59. The van der Waals surface area contributed by atoms with Crippen LogP contribution in [-0.2, 0) is 0 Å². The zero-order valence-electron chi connectivity index (χ0n) is 21.3. The molecule has 0 aliphatic carbocycles. The van der Waals surface area contributed by atoms with Gasteiger partial charge in [-0.25, -0.2) is 29.9 Å². The molecule has 41 heavy (non-hydrogen) atoms. The van der Waals surface area contributed by atoms with Gasteiger partial charge in [-0.1, -0.05) is 97.1 Å². The van der Waals surface area contributed by atoms with Gasteiger partial charge in [0, 0.05) is 84.2 Å². The molecule has 9 heteroatoms. The van der Waals surface area contributed by atoms with Gasteiger partial charge in [0.1, 0.15) is 22.6 Å². The average molecular weight is 665 g/mol. The van der Waals surface area contributed by atoms with Gasteiger partial charge in [0.05, 0.1) is 0 Å². The van der Waals surface area contributed by atoms with Gasteiger partial charge in [-0.05, 0) is 0 Å². The summed E-state index contributed by atoms with van der Waals surface area (Å²) in [5, 5.41) is 3.82. The zero-order chi connectivity index (χ0) is 26.2. The number of nitrogens with one attached hydrogen (secondary N) is 2. The molecule has 9 rings (SSSR count). The Bertz CT molecular complexity index is 2030. The van der Waals surface area contributed by atoms with E-state index in [0.717, 1.165) is 43.8 Å². The molecule has 0 unspecified atom stereocenters. The first-order valence-electron chi connectivity index (χ1n) is 13.0. The first kappa shape index (κ1) is 24.4. The van der Waals surface area contributed by atoms with Gasteiger partial charge in [0.2, 0.25) is 0 Å². The van der Waals surface area contributed by atoms with Crippen molar-refractivity contribution in [1.82, 2.24) is 39.9 Å². The standard InChI is InChI=1S/C32H18N8.Sm/c1-2-10-18-17(9-1)25-33-26(18)38-28-21-13-5-6-14-22(21)30(35-28)40-32-24-16-8-7-15-23(24)31(36-32)39-29-20-12-4-3-11-19(20)27(34-29)37-25;/h1-16H,(H2,33,34,35,36,37,38,39,40);. The van der Waals surface area contributed by atoms with Crippen molar-refractivity contribution in [3.8, 4) is 45.6 Å². The van der Waals surface area contributed by atoms with Gasteiger partial charge in [-0.3, -0.25) is 0 Å². The first-order chi connectivity index (χ1) is 19.8. The number of hydrogen-bond acceptors (Lipinski definition) is 6. The van der Waals surface area contributed by atoms with E-state index in [-0.39, 0.29) is 40.4 Å². The molecule has 0 atom stereocenters. The van der Waals surface area contributed by atoms with Crippen LogP contribution >= 0.6 is 0 Å². The van der Waals surface area contributed by atoms with Crippen molar-refractivity contribution in [2.75, 3.05) is 0 Å². The minimum atomic E-state index is 0. The van der Waals surface area contributed by atoms with E-state index in [9.17, 15) is 0 Å². The molecule has 0 radical (unpaired) electrons. The third-order valence-electron chi connectivity index (χ3n) is 7.46. The molecule has 8 nitrogen and oxygen atoms in total. The van der Waals surface area contributed by atoms with Crippen LogP contribution in [0.2, 0.25) is 0 Å². The summed E-state index contributed by atoms with van der Waals surface area (Å²) in [7, 11) is 0. The number of benzene rings is 4. The van der Waals surface area contributed by atoms with E-state index >= 15 is 0 Å². The Morgan fingerprint density at radius 2 is 0.561 bits per heavy atom. The van der Waals surface area contributed by atoms with Crippen molar-refractivity contribution in [1.29, 1.82) is 0 Å². The minimum absolute atomic E-state index is 0. The largest absolute Gasteiger partial charge is 0.324 e. The molecule has 0 saturated heterocycles. The van der Waals surface area contributed by atoms with Gasteiger partial charge in [-0.15, -0.1) is 0 Å². The molecule has 3 aromatic heterocycles. The van der Waals surface area contributed by atoms with Crippen molar-refractivity contribution in [3.05, 3.63) is 97.1 Å². The van der Waals surface area contributed by atoms with E-state index in [1.807, 2.05) is 97.1 Å². The Kier molecular flexibility index (Phi) is 5.54. The van der Waals surface area contributed by atoms with Crippen LogP contribution < -0.4 is 0 Å². The molecule has 5 heterocycles. The molecule has 2 aliphatic heterocycles. The summed E-state index contributed by atoms with van der Waals surface area (Å²) in [4.78, 5) is 36.8. The van der Waals surface area contributed by atoms with E-state index in [1.165, 1.54) is 0 Å². The Hall–Kier alpha value is -4.42. The molecule has 7 aromatic rings. The Morgan fingerprint density at radius 1 is 0.317 bits per heavy atom. The van der Waals surface area contributed by atoms with Crippen LogP contribution in [-0.4, -0.2) is 39.9 Å². The number of rotatable bonds is 0. The molecule has 2 aliphatic rings. The summed E-state index contributed by atoms with van der Waals surface area (Å²) in [5.74, 6) is 2.39. The number of aromatic nitrogens is 8. The average Bonchev–Trinajstić information content (AvgIpc) is 3.73. The zero-order valence-corrected chi connectivity index (χ0v) is 23.9. The number of nitrogens with zero attached hydrogens (tertiary/aromatic N) is 6. The van der Waals surface area contributed by atoms with E-state index in [4.69, 9.17) is 29.9 Å². The van der Waals surface area contributed by atoms with Crippen molar-refractivity contribution in [2.24, 2.45) is 0 Å². The number of hydrogen-bond donors (Lipinski definition) is 2. The van der Waals surface area contributed by atoms with Crippen molar-refractivity contribution < 1.29 is 40.4 Å². The Balaban J connectivity index is 0.00000256. The van der Waals surface area contributed by atoms with Crippen LogP contribution in [0.4, 0.5) is 0 Å². The van der Waals surface area contributed by atoms with Crippen LogP contribution in [0.15, 0.2) is 97.1 Å². The maximum absolute atomic E-state index is 5.02. The summed E-state index contributed by atoms with van der Waals surface area (Å²) >= 11 is 0. The number of aromatic amines is 2. The fraction of sp³-hybridized carbons (Fsp3) is 0.